The molecule has 2 rings (SSSR count). The average molecular weight is 235 g/mol. The Balaban J connectivity index is 2.13. The van der Waals surface area contributed by atoms with Crippen molar-refractivity contribution in [2.24, 2.45) is 5.92 Å². The van der Waals surface area contributed by atoms with Gasteiger partial charge in [0.2, 0.25) is 5.91 Å². The molecule has 1 N–H and O–H groups in total. The largest absolute Gasteiger partial charge is 0.356 e. The maximum atomic E-state index is 13.2. The van der Waals surface area contributed by atoms with E-state index in [1.165, 1.54) is 6.07 Å². The highest BCUT2D eigenvalue weighted by atomic mass is 19.1. The molecule has 0 saturated carbocycles. The van der Waals surface area contributed by atoms with Crippen molar-refractivity contribution in [3.63, 3.8) is 0 Å². The van der Waals surface area contributed by atoms with Crippen molar-refractivity contribution < 1.29 is 9.18 Å². The molecular formula is C14H18FNO. The Morgan fingerprint density at radius 2 is 2.24 bits per heavy atom. The number of carbonyl (C=O) groups excluding carboxylic acids is 1. The lowest BCUT2D eigenvalue weighted by atomic mass is 9.92. The molecule has 1 heterocycles. The van der Waals surface area contributed by atoms with E-state index >= 15 is 0 Å². The van der Waals surface area contributed by atoms with Gasteiger partial charge in [-0.25, -0.2) is 4.39 Å². The van der Waals surface area contributed by atoms with Crippen LogP contribution in [0.25, 0.3) is 0 Å². The molecule has 1 atom stereocenters. The Hall–Kier alpha value is -1.38. The first-order valence-corrected chi connectivity index (χ1v) is 6.19. The van der Waals surface area contributed by atoms with E-state index in [1.54, 1.807) is 12.1 Å². The summed E-state index contributed by atoms with van der Waals surface area (Å²) in [5.41, 5.74) is 2.01. The number of benzene rings is 1. The normalized spacial score (nSPS) is 20.8. The van der Waals surface area contributed by atoms with E-state index in [9.17, 15) is 9.18 Å². The Morgan fingerprint density at radius 1 is 1.41 bits per heavy atom. The number of halogens is 1. The number of rotatable bonds is 2. The van der Waals surface area contributed by atoms with Crippen LogP contribution < -0.4 is 5.32 Å². The van der Waals surface area contributed by atoms with Gasteiger partial charge in [0.05, 0.1) is 0 Å². The predicted octanol–water partition coefficient (Wildman–Crippen LogP) is 2.59. The molecule has 17 heavy (non-hydrogen) atoms. The van der Waals surface area contributed by atoms with Crippen LogP contribution in [0.2, 0.25) is 0 Å². The second-order valence-corrected chi connectivity index (χ2v) is 4.76. The number of amides is 1. The van der Waals surface area contributed by atoms with Gasteiger partial charge in [-0.15, -0.1) is 0 Å². The van der Waals surface area contributed by atoms with Gasteiger partial charge in [-0.05, 0) is 49.4 Å². The minimum Gasteiger partial charge on any atom is -0.356 e. The van der Waals surface area contributed by atoms with Gasteiger partial charge in [-0.2, -0.15) is 0 Å². The van der Waals surface area contributed by atoms with E-state index in [4.69, 9.17) is 0 Å². The molecule has 1 amide bonds. The molecule has 0 bridgehead atoms. The third-order valence-electron chi connectivity index (χ3n) is 3.43. The first kappa shape index (κ1) is 12.1. The molecule has 1 unspecified atom stereocenters. The van der Waals surface area contributed by atoms with Gasteiger partial charge in [-0.3, -0.25) is 4.79 Å². The van der Waals surface area contributed by atoms with Crippen LogP contribution in [-0.4, -0.2) is 12.5 Å². The summed E-state index contributed by atoms with van der Waals surface area (Å²) in [4.78, 5) is 11.8. The van der Waals surface area contributed by atoms with Crippen LogP contribution in [0.3, 0.4) is 0 Å². The minimum absolute atomic E-state index is 0.00185. The molecule has 0 aliphatic carbocycles. The minimum atomic E-state index is -0.223. The summed E-state index contributed by atoms with van der Waals surface area (Å²) in [6.45, 7) is 2.74. The summed E-state index contributed by atoms with van der Waals surface area (Å²) in [7, 11) is 0. The van der Waals surface area contributed by atoms with Crippen molar-refractivity contribution >= 4 is 5.91 Å². The number of nitrogens with one attached hydrogen (secondary N) is 1. The molecule has 1 aromatic rings. The quantitative estimate of drug-likeness (QED) is 0.838. The second kappa shape index (κ2) is 5.30. The highest BCUT2D eigenvalue weighted by Crippen LogP contribution is 2.20. The summed E-state index contributed by atoms with van der Waals surface area (Å²) in [5.74, 6) is -0.108. The fraction of sp³-hybridized carbons (Fsp3) is 0.500. The van der Waals surface area contributed by atoms with E-state index in [1.807, 2.05) is 6.92 Å². The van der Waals surface area contributed by atoms with Crippen molar-refractivity contribution in [2.45, 2.75) is 32.6 Å². The van der Waals surface area contributed by atoms with Crippen molar-refractivity contribution in [2.75, 3.05) is 6.54 Å². The zero-order valence-electron chi connectivity index (χ0n) is 10.1. The van der Waals surface area contributed by atoms with Gasteiger partial charge in [0, 0.05) is 12.5 Å². The Labute approximate surface area is 101 Å². The van der Waals surface area contributed by atoms with Crippen LogP contribution in [0.15, 0.2) is 18.2 Å². The summed E-state index contributed by atoms with van der Waals surface area (Å²) in [6.07, 6.45) is 3.67. The highest BCUT2D eigenvalue weighted by Gasteiger charge is 2.21. The maximum absolute atomic E-state index is 13.2. The maximum Gasteiger partial charge on any atom is 0.223 e. The van der Waals surface area contributed by atoms with Crippen molar-refractivity contribution in [3.8, 4) is 0 Å². The predicted molar refractivity (Wildman–Crippen MR) is 65.2 cm³/mol. The van der Waals surface area contributed by atoms with E-state index in [0.717, 1.165) is 36.9 Å². The number of hydrogen-bond donors (Lipinski definition) is 1. The van der Waals surface area contributed by atoms with Crippen LogP contribution in [0.4, 0.5) is 4.39 Å². The molecule has 0 aromatic heterocycles. The number of carbonyl (C=O) groups is 1. The highest BCUT2D eigenvalue weighted by molar-refractivity contribution is 5.79. The molecule has 1 aromatic carbocycles. The van der Waals surface area contributed by atoms with E-state index in [2.05, 4.69) is 5.32 Å². The van der Waals surface area contributed by atoms with Crippen molar-refractivity contribution in [1.82, 2.24) is 5.32 Å². The third-order valence-corrected chi connectivity index (χ3v) is 3.43. The lowest BCUT2D eigenvalue weighted by molar-refractivity contribution is -0.124. The summed E-state index contributed by atoms with van der Waals surface area (Å²) in [5, 5.41) is 2.92. The first-order valence-electron chi connectivity index (χ1n) is 6.19. The summed E-state index contributed by atoms with van der Waals surface area (Å²) >= 11 is 0. The molecule has 1 aliphatic rings. The fourth-order valence-electron chi connectivity index (χ4n) is 2.32. The zero-order chi connectivity index (χ0) is 12.3. The SMILES string of the molecule is Cc1ccc(F)cc1CC1CCCCNC1=O. The van der Waals surface area contributed by atoms with Crippen LogP contribution in [0.1, 0.15) is 30.4 Å². The standard InChI is InChI=1S/C14H18FNO/c1-10-5-6-13(15)9-12(10)8-11-4-2-3-7-16-14(11)17/h5-6,9,11H,2-4,7-8H2,1H3,(H,16,17). The molecule has 92 valence electrons. The molecule has 1 aliphatic heterocycles. The molecule has 1 fully saturated rings. The van der Waals surface area contributed by atoms with Crippen LogP contribution in [0, 0.1) is 18.7 Å². The van der Waals surface area contributed by atoms with Gasteiger partial charge in [0.1, 0.15) is 5.82 Å². The topological polar surface area (TPSA) is 29.1 Å². The van der Waals surface area contributed by atoms with E-state index in [-0.39, 0.29) is 17.6 Å². The van der Waals surface area contributed by atoms with Crippen LogP contribution in [0.5, 0.6) is 0 Å². The van der Waals surface area contributed by atoms with Gasteiger partial charge >= 0.3 is 0 Å². The third kappa shape index (κ3) is 3.05. The molecule has 2 nitrogen and oxygen atoms in total. The first-order chi connectivity index (χ1) is 8.16. The van der Waals surface area contributed by atoms with Gasteiger partial charge < -0.3 is 5.32 Å². The molecule has 0 radical (unpaired) electrons. The van der Waals surface area contributed by atoms with Gasteiger partial charge in [0.25, 0.3) is 0 Å². The monoisotopic (exact) mass is 235 g/mol. The Morgan fingerprint density at radius 3 is 3.06 bits per heavy atom. The smallest absolute Gasteiger partial charge is 0.223 e. The van der Waals surface area contributed by atoms with Crippen molar-refractivity contribution in [3.05, 3.63) is 35.1 Å². The van der Waals surface area contributed by atoms with Crippen molar-refractivity contribution in [1.29, 1.82) is 0 Å². The molecule has 0 spiro atoms. The van der Waals surface area contributed by atoms with Crippen LogP contribution in [-0.2, 0) is 11.2 Å². The van der Waals surface area contributed by atoms with Crippen LogP contribution >= 0.6 is 0 Å². The summed E-state index contributed by atoms with van der Waals surface area (Å²) < 4.78 is 13.2. The van der Waals surface area contributed by atoms with Gasteiger partial charge in [0.15, 0.2) is 0 Å². The number of aryl methyl sites for hydroxylation is 1. The molecule has 1 saturated heterocycles. The van der Waals surface area contributed by atoms with Gasteiger partial charge in [-0.1, -0.05) is 12.5 Å². The molecular weight excluding hydrogens is 217 g/mol. The fourth-order valence-corrected chi connectivity index (χ4v) is 2.32. The lowest BCUT2D eigenvalue weighted by Gasteiger charge is -2.14. The Bertz CT molecular complexity index is 417. The average Bonchev–Trinajstić information content (AvgIpc) is 2.50. The Kier molecular flexibility index (Phi) is 3.77. The second-order valence-electron chi connectivity index (χ2n) is 4.76. The summed E-state index contributed by atoms with van der Waals surface area (Å²) in [6, 6.07) is 4.79. The zero-order valence-corrected chi connectivity index (χ0v) is 10.1. The van der Waals surface area contributed by atoms with E-state index in [0.29, 0.717) is 6.42 Å². The number of hydrogen-bond acceptors (Lipinski definition) is 1. The van der Waals surface area contributed by atoms with E-state index < -0.39 is 0 Å². The molecule has 3 heteroatoms. The lowest BCUT2D eigenvalue weighted by Crippen LogP contribution is -2.30.